The average Bonchev–Trinajstić information content (AvgIpc) is 2.04. The zero-order valence-corrected chi connectivity index (χ0v) is 8.23. The summed E-state index contributed by atoms with van der Waals surface area (Å²) in [5.41, 5.74) is 5.52. The Balaban J connectivity index is 2.71. The van der Waals surface area contributed by atoms with Crippen LogP contribution in [-0.2, 0) is 4.79 Å². The van der Waals surface area contributed by atoms with Gasteiger partial charge in [-0.1, -0.05) is 0 Å². The minimum atomic E-state index is -0.959. The van der Waals surface area contributed by atoms with Crippen molar-refractivity contribution < 1.29 is 9.90 Å². The average molecular weight is 246 g/mol. The predicted octanol–water partition coefficient (Wildman–Crippen LogP) is 0.714. The van der Waals surface area contributed by atoms with E-state index in [-0.39, 0.29) is 6.42 Å². The van der Waals surface area contributed by atoms with E-state index in [1.807, 2.05) is 0 Å². The van der Waals surface area contributed by atoms with Crippen molar-refractivity contribution in [3.05, 3.63) is 22.7 Å². The van der Waals surface area contributed by atoms with Crippen LogP contribution in [0.25, 0.3) is 0 Å². The van der Waals surface area contributed by atoms with E-state index in [0.717, 1.165) is 4.47 Å². The van der Waals surface area contributed by atoms with Gasteiger partial charge < -0.3 is 10.8 Å². The first-order chi connectivity index (χ1) is 6.09. The molecule has 0 aliphatic rings. The van der Waals surface area contributed by atoms with Gasteiger partial charge in [-0.3, -0.25) is 4.79 Å². The van der Waals surface area contributed by atoms with E-state index in [1.165, 1.54) is 12.4 Å². The van der Waals surface area contributed by atoms with Gasteiger partial charge in [0.2, 0.25) is 0 Å². The van der Waals surface area contributed by atoms with Crippen LogP contribution in [0.2, 0.25) is 0 Å². The van der Waals surface area contributed by atoms with E-state index >= 15 is 0 Å². The third-order valence-electron chi connectivity index (χ3n) is 1.37. The lowest BCUT2D eigenvalue weighted by atomic mass is 10.2. The van der Waals surface area contributed by atoms with Crippen molar-refractivity contribution >= 4 is 21.9 Å². The number of carboxylic acids is 1. The Labute approximate surface area is 83.1 Å². The fraction of sp³-hybridized carbons (Fsp3) is 0.286. The molecule has 0 fully saturated rings. The number of hydrogen-bond donors (Lipinski definition) is 2. The molecule has 0 saturated heterocycles. The molecule has 6 heteroatoms. The summed E-state index contributed by atoms with van der Waals surface area (Å²) < 4.78 is 0.735. The standard InChI is InChI=1S/C7H8BrN3O2/c8-4-2-10-7(11-3-4)5(9)1-6(12)13/h2-3,5H,1,9H2,(H,12,13). The smallest absolute Gasteiger partial charge is 0.305 e. The molecule has 1 heterocycles. The van der Waals surface area contributed by atoms with E-state index in [1.54, 1.807) is 0 Å². The number of carboxylic acid groups (broad SMARTS) is 1. The maximum absolute atomic E-state index is 10.3. The summed E-state index contributed by atoms with van der Waals surface area (Å²) in [6.07, 6.45) is 2.90. The van der Waals surface area contributed by atoms with E-state index in [0.29, 0.717) is 5.82 Å². The topological polar surface area (TPSA) is 89.1 Å². The lowest BCUT2D eigenvalue weighted by Crippen LogP contribution is -2.17. The highest BCUT2D eigenvalue weighted by Gasteiger charge is 2.12. The molecule has 3 N–H and O–H groups in total. The van der Waals surface area contributed by atoms with Gasteiger partial charge in [-0.2, -0.15) is 0 Å². The van der Waals surface area contributed by atoms with Crippen molar-refractivity contribution in [2.75, 3.05) is 0 Å². The normalized spacial score (nSPS) is 12.5. The van der Waals surface area contributed by atoms with E-state index < -0.39 is 12.0 Å². The zero-order valence-electron chi connectivity index (χ0n) is 6.64. The van der Waals surface area contributed by atoms with Gasteiger partial charge in [0.05, 0.1) is 16.9 Å². The molecule has 13 heavy (non-hydrogen) atoms. The fourth-order valence-corrected chi connectivity index (χ4v) is 0.998. The Morgan fingerprint density at radius 2 is 2.15 bits per heavy atom. The third kappa shape index (κ3) is 3.08. The van der Waals surface area contributed by atoms with Crippen LogP contribution in [0.5, 0.6) is 0 Å². The third-order valence-corrected chi connectivity index (χ3v) is 1.78. The van der Waals surface area contributed by atoms with Crippen LogP contribution in [0.15, 0.2) is 16.9 Å². The number of aliphatic carboxylic acids is 1. The summed E-state index contributed by atoms with van der Waals surface area (Å²) in [4.78, 5) is 18.1. The molecule has 0 aliphatic heterocycles. The first kappa shape index (κ1) is 10.1. The Hall–Kier alpha value is -1.01. The number of carbonyl (C=O) groups is 1. The van der Waals surface area contributed by atoms with Crippen LogP contribution in [0.1, 0.15) is 18.3 Å². The molecule has 1 aromatic heterocycles. The number of aromatic nitrogens is 2. The first-order valence-corrected chi connectivity index (χ1v) is 4.33. The summed E-state index contributed by atoms with van der Waals surface area (Å²) in [7, 11) is 0. The Morgan fingerprint density at radius 3 is 2.62 bits per heavy atom. The lowest BCUT2D eigenvalue weighted by Gasteiger charge is -2.05. The SMILES string of the molecule is NC(CC(=O)O)c1ncc(Br)cn1. The number of hydrogen-bond acceptors (Lipinski definition) is 4. The van der Waals surface area contributed by atoms with Gasteiger partial charge in [-0.25, -0.2) is 9.97 Å². The van der Waals surface area contributed by atoms with Gasteiger partial charge in [-0.05, 0) is 15.9 Å². The van der Waals surface area contributed by atoms with Crippen molar-refractivity contribution in [3.63, 3.8) is 0 Å². The highest BCUT2D eigenvalue weighted by molar-refractivity contribution is 9.10. The summed E-state index contributed by atoms with van der Waals surface area (Å²) in [5.74, 6) is -0.621. The summed E-state index contributed by atoms with van der Waals surface area (Å²) >= 11 is 3.16. The zero-order chi connectivity index (χ0) is 9.84. The van der Waals surface area contributed by atoms with Gasteiger partial charge in [0, 0.05) is 12.4 Å². The van der Waals surface area contributed by atoms with Crippen molar-refractivity contribution in [1.82, 2.24) is 9.97 Å². The number of rotatable bonds is 3. The molecule has 0 radical (unpaired) electrons. The molecule has 0 aliphatic carbocycles. The second-order valence-electron chi connectivity index (χ2n) is 2.46. The van der Waals surface area contributed by atoms with Crippen LogP contribution in [0.4, 0.5) is 0 Å². The molecule has 0 aromatic carbocycles. The highest BCUT2D eigenvalue weighted by Crippen LogP contribution is 2.10. The second-order valence-corrected chi connectivity index (χ2v) is 3.38. The summed E-state index contributed by atoms with van der Waals surface area (Å²) in [5, 5.41) is 8.45. The number of nitrogens with zero attached hydrogens (tertiary/aromatic N) is 2. The van der Waals surface area contributed by atoms with Crippen LogP contribution in [-0.4, -0.2) is 21.0 Å². The molecule has 70 valence electrons. The Morgan fingerprint density at radius 1 is 1.62 bits per heavy atom. The van der Waals surface area contributed by atoms with Crippen LogP contribution in [0.3, 0.4) is 0 Å². The largest absolute Gasteiger partial charge is 0.481 e. The molecule has 1 unspecified atom stereocenters. The van der Waals surface area contributed by atoms with E-state index in [4.69, 9.17) is 10.8 Å². The van der Waals surface area contributed by atoms with Gasteiger partial charge in [0.15, 0.2) is 0 Å². The minimum absolute atomic E-state index is 0.165. The lowest BCUT2D eigenvalue weighted by molar-refractivity contribution is -0.137. The minimum Gasteiger partial charge on any atom is -0.481 e. The van der Waals surface area contributed by atoms with Crippen molar-refractivity contribution in [2.45, 2.75) is 12.5 Å². The van der Waals surface area contributed by atoms with Gasteiger partial charge >= 0.3 is 5.97 Å². The molecule has 0 bridgehead atoms. The molecule has 5 nitrogen and oxygen atoms in total. The maximum Gasteiger partial charge on any atom is 0.305 e. The van der Waals surface area contributed by atoms with Gasteiger partial charge in [-0.15, -0.1) is 0 Å². The van der Waals surface area contributed by atoms with Crippen LogP contribution >= 0.6 is 15.9 Å². The molecule has 1 atom stereocenters. The summed E-state index contributed by atoms with van der Waals surface area (Å²) in [6.45, 7) is 0. The van der Waals surface area contributed by atoms with Gasteiger partial charge in [0.1, 0.15) is 5.82 Å². The predicted molar refractivity (Wildman–Crippen MR) is 48.9 cm³/mol. The number of nitrogens with two attached hydrogens (primary N) is 1. The quantitative estimate of drug-likeness (QED) is 0.819. The molecule has 1 rings (SSSR count). The van der Waals surface area contributed by atoms with Gasteiger partial charge in [0.25, 0.3) is 0 Å². The van der Waals surface area contributed by atoms with Crippen LogP contribution in [0, 0.1) is 0 Å². The monoisotopic (exact) mass is 245 g/mol. The van der Waals surface area contributed by atoms with E-state index in [9.17, 15) is 4.79 Å². The van der Waals surface area contributed by atoms with Crippen molar-refractivity contribution in [3.8, 4) is 0 Å². The fourth-order valence-electron chi connectivity index (χ4n) is 0.793. The second kappa shape index (κ2) is 4.29. The van der Waals surface area contributed by atoms with Crippen molar-refractivity contribution in [2.24, 2.45) is 5.73 Å². The molecule has 1 aromatic rings. The number of halogens is 1. The Bertz CT molecular complexity index is 301. The van der Waals surface area contributed by atoms with Crippen molar-refractivity contribution in [1.29, 1.82) is 0 Å². The first-order valence-electron chi connectivity index (χ1n) is 3.54. The Kier molecular flexibility index (Phi) is 3.32. The molecule has 0 spiro atoms. The maximum atomic E-state index is 10.3. The summed E-state index contributed by atoms with van der Waals surface area (Å²) in [6, 6.07) is -0.648. The molecular formula is C7H8BrN3O2. The van der Waals surface area contributed by atoms with Crippen LogP contribution < -0.4 is 5.73 Å². The van der Waals surface area contributed by atoms with E-state index in [2.05, 4.69) is 25.9 Å². The molecular weight excluding hydrogens is 238 g/mol. The molecule has 0 amide bonds. The highest BCUT2D eigenvalue weighted by atomic mass is 79.9. The molecule has 0 saturated carbocycles.